The van der Waals surface area contributed by atoms with Gasteiger partial charge in [-0.05, 0) is 51.4 Å². The van der Waals surface area contributed by atoms with E-state index >= 15 is 0 Å². The molecule has 6 heteroatoms. The average molecular weight is 1040 g/mol. The molecule has 0 saturated heterocycles. The largest absolute Gasteiger partial charge is 0.466 e. The number of aliphatic hydroxyl groups is 2. The van der Waals surface area contributed by atoms with Gasteiger partial charge in [0.15, 0.2) is 0 Å². The first kappa shape index (κ1) is 72.6. The molecule has 0 radical (unpaired) electrons. The van der Waals surface area contributed by atoms with Gasteiger partial charge >= 0.3 is 5.97 Å². The van der Waals surface area contributed by atoms with Crippen molar-refractivity contribution in [1.29, 1.82) is 0 Å². The van der Waals surface area contributed by atoms with Crippen LogP contribution < -0.4 is 5.32 Å². The third-order valence-corrected chi connectivity index (χ3v) is 16.1. The highest BCUT2D eigenvalue weighted by molar-refractivity contribution is 5.76. The van der Waals surface area contributed by atoms with Crippen LogP contribution in [0, 0.1) is 0 Å². The molecule has 2 atom stereocenters. The first-order chi connectivity index (χ1) is 36.5. The molecule has 0 saturated carbocycles. The smallest absolute Gasteiger partial charge is 0.305 e. The molecule has 0 aromatic heterocycles. The number of esters is 1. The van der Waals surface area contributed by atoms with Crippen molar-refractivity contribution in [3.8, 4) is 0 Å². The Hall–Kier alpha value is -1.40. The van der Waals surface area contributed by atoms with Crippen LogP contribution in [0.1, 0.15) is 386 Å². The number of hydrogen-bond donors (Lipinski definition) is 3. The zero-order valence-electron chi connectivity index (χ0n) is 50.4. The highest BCUT2D eigenvalue weighted by atomic mass is 16.5. The van der Waals surface area contributed by atoms with E-state index in [0.717, 1.165) is 38.5 Å². The normalized spacial score (nSPS) is 12.5. The topological polar surface area (TPSA) is 95.9 Å². The number of aliphatic hydroxyl groups excluding tert-OH is 2. The second-order valence-electron chi connectivity index (χ2n) is 23.5. The number of rotatable bonds is 64. The van der Waals surface area contributed by atoms with Crippen molar-refractivity contribution in [2.75, 3.05) is 13.2 Å². The molecule has 0 aliphatic carbocycles. The van der Waals surface area contributed by atoms with E-state index < -0.39 is 12.1 Å². The van der Waals surface area contributed by atoms with Gasteiger partial charge in [0, 0.05) is 12.8 Å². The minimum Gasteiger partial charge on any atom is -0.466 e. The lowest BCUT2D eigenvalue weighted by Gasteiger charge is -2.22. The van der Waals surface area contributed by atoms with Crippen LogP contribution in [0.3, 0.4) is 0 Å². The summed E-state index contributed by atoms with van der Waals surface area (Å²) in [6.07, 6.45) is 78.4. The summed E-state index contributed by atoms with van der Waals surface area (Å²) in [6, 6.07) is -0.537. The molecule has 0 aromatic carbocycles. The number of hydrogen-bond acceptors (Lipinski definition) is 5. The lowest BCUT2D eigenvalue weighted by Crippen LogP contribution is -2.45. The highest BCUT2D eigenvalue weighted by Crippen LogP contribution is 2.19. The number of carbonyl (C=O) groups excluding carboxylic acids is 2. The Kier molecular flexibility index (Phi) is 62.9. The quantitative estimate of drug-likeness (QED) is 0.0320. The van der Waals surface area contributed by atoms with Gasteiger partial charge in [-0.2, -0.15) is 0 Å². The molecule has 3 N–H and O–H groups in total. The lowest BCUT2D eigenvalue weighted by atomic mass is 10.0. The molecule has 0 aliphatic rings. The van der Waals surface area contributed by atoms with Crippen LogP contribution in [0.5, 0.6) is 0 Å². The van der Waals surface area contributed by atoms with Gasteiger partial charge in [0.25, 0.3) is 0 Å². The van der Waals surface area contributed by atoms with E-state index in [9.17, 15) is 19.8 Å². The van der Waals surface area contributed by atoms with E-state index in [-0.39, 0.29) is 18.5 Å². The predicted molar refractivity (Wildman–Crippen MR) is 324 cm³/mol. The molecule has 0 aliphatic heterocycles. The first-order valence-corrected chi connectivity index (χ1v) is 33.9. The molecule has 0 rings (SSSR count). The number of unbranched alkanes of at least 4 members (excludes halogenated alkanes) is 51. The average Bonchev–Trinajstić information content (AvgIpc) is 3.40. The highest BCUT2D eigenvalue weighted by Gasteiger charge is 2.20. The van der Waals surface area contributed by atoms with Gasteiger partial charge in [0.05, 0.1) is 25.4 Å². The van der Waals surface area contributed by atoms with E-state index in [4.69, 9.17) is 4.74 Å². The van der Waals surface area contributed by atoms with E-state index in [1.54, 1.807) is 0 Å². The van der Waals surface area contributed by atoms with Gasteiger partial charge < -0.3 is 20.3 Å². The van der Waals surface area contributed by atoms with E-state index in [2.05, 4.69) is 31.3 Å². The Bertz CT molecular complexity index is 1110. The van der Waals surface area contributed by atoms with Gasteiger partial charge in [-0.15, -0.1) is 0 Å². The van der Waals surface area contributed by atoms with Crippen molar-refractivity contribution in [2.45, 2.75) is 398 Å². The Labute approximate surface area is 463 Å². The van der Waals surface area contributed by atoms with Gasteiger partial charge in [-0.25, -0.2) is 0 Å². The van der Waals surface area contributed by atoms with Crippen molar-refractivity contribution in [3.05, 3.63) is 12.2 Å². The van der Waals surface area contributed by atoms with Crippen molar-refractivity contribution in [1.82, 2.24) is 5.32 Å². The fraction of sp³-hybridized carbons (Fsp3) is 0.941. The molecule has 74 heavy (non-hydrogen) atoms. The number of ether oxygens (including phenoxy) is 1. The van der Waals surface area contributed by atoms with Crippen LogP contribution in [0.2, 0.25) is 0 Å². The molecule has 0 spiro atoms. The van der Waals surface area contributed by atoms with Gasteiger partial charge in [-0.1, -0.05) is 334 Å². The first-order valence-electron chi connectivity index (χ1n) is 33.9. The van der Waals surface area contributed by atoms with E-state index in [1.807, 2.05) is 0 Å². The Morgan fingerprint density at radius 1 is 0.365 bits per heavy atom. The molecule has 1 amide bonds. The fourth-order valence-electron chi connectivity index (χ4n) is 10.9. The molecule has 0 aromatic rings. The van der Waals surface area contributed by atoms with Crippen LogP contribution in [-0.2, 0) is 14.3 Å². The summed E-state index contributed by atoms with van der Waals surface area (Å²) in [5.74, 6) is -0.0118. The van der Waals surface area contributed by atoms with Crippen molar-refractivity contribution in [3.63, 3.8) is 0 Å². The molecule has 6 nitrogen and oxygen atoms in total. The summed E-state index contributed by atoms with van der Waals surface area (Å²) in [7, 11) is 0. The summed E-state index contributed by atoms with van der Waals surface area (Å²) in [5.41, 5.74) is 0. The molecule has 0 fully saturated rings. The standard InChI is InChI=1S/C68H133NO5/c1-3-5-7-9-11-13-14-15-16-17-33-36-39-42-46-50-54-58-62-68(73)74-63-59-55-51-47-43-40-37-34-31-29-27-25-23-21-19-18-20-22-24-26-28-30-32-35-38-41-45-49-53-57-61-67(72)69-65(64-70)66(71)60-56-52-48-44-12-10-8-6-4-2/h19,21,65-66,70-71H,3-18,20,22-64H2,1-2H3,(H,69,72)/b21-19-. The SMILES string of the molecule is CCCCCCCCCCCCCCCCCCCCC(=O)OCCCCCCCCCCCCCC/C=C\CCCCCCCCCCCCCCCCC(=O)NC(CO)C(O)CCCCCCCCCCC. The Balaban J connectivity index is 3.31. The molecular formula is C68H133NO5. The zero-order valence-corrected chi connectivity index (χ0v) is 50.4. The van der Waals surface area contributed by atoms with Gasteiger partial charge in [0.1, 0.15) is 0 Å². The van der Waals surface area contributed by atoms with Crippen molar-refractivity contribution < 1.29 is 24.5 Å². The van der Waals surface area contributed by atoms with Crippen LogP contribution in [0.25, 0.3) is 0 Å². The maximum absolute atomic E-state index is 12.4. The summed E-state index contributed by atoms with van der Waals surface area (Å²) >= 11 is 0. The fourth-order valence-corrected chi connectivity index (χ4v) is 10.9. The number of carbonyl (C=O) groups is 2. The van der Waals surface area contributed by atoms with Gasteiger partial charge in [-0.3, -0.25) is 9.59 Å². The van der Waals surface area contributed by atoms with Crippen LogP contribution in [0.4, 0.5) is 0 Å². The minimum absolute atomic E-state index is 0.0222. The second-order valence-corrected chi connectivity index (χ2v) is 23.5. The Morgan fingerprint density at radius 2 is 0.635 bits per heavy atom. The second kappa shape index (κ2) is 64.1. The van der Waals surface area contributed by atoms with Crippen molar-refractivity contribution >= 4 is 11.9 Å². The maximum atomic E-state index is 12.4. The van der Waals surface area contributed by atoms with Gasteiger partial charge in [0.2, 0.25) is 5.91 Å². The van der Waals surface area contributed by atoms with Crippen LogP contribution in [0.15, 0.2) is 12.2 Å². The summed E-state index contributed by atoms with van der Waals surface area (Å²) < 4.78 is 5.51. The Morgan fingerprint density at radius 3 is 0.959 bits per heavy atom. The summed E-state index contributed by atoms with van der Waals surface area (Å²) in [5, 5.41) is 23.1. The molecule has 0 bridgehead atoms. The van der Waals surface area contributed by atoms with Crippen molar-refractivity contribution in [2.24, 2.45) is 0 Å². The molecule has 440 valence electrons. The third kappa shape index (κ3) is 59.8. The monoisotopic (exact) mass is 1040 g/mol. The molecular weight excluding hydrogens is 911 g/mol. The predicted octanol–water partition coefficient (Wildman–Crippen LogP) is 21.6. The minimum atomic E-state index is -0.660. The number of amides is 1. The van der Waals surface area contributed by atoms with Crippen LogP contribution >= 0.6 is 0 Å². The lowest BCUT2D eigenvalue weighted by molar-refractivity contribution is -0.143. The number of allylic oxidation sites excluding steroid dienone is 2. The van der Waals surface area contributed by atoms with E-state index in [1.165, 1.54) is 315 Å². The van der Waals surface area contributed by atoms with E-state index in [0.29, 0.717) is 25.9 Å². The third-order valence-electron chi connectivity index (χ3n) is 16.1. The maximum Gasteiger partial charge on any atom is 0.305 e. The molecule has 2 unspecified atom stereocenters. The summed E-state index contributed by atoms with van der Waals surface area (Å²) in [6.45, 7) is 4.97. The summed E-state index contributed by atoms with van der Waals surface area (Å²) in [4.78, 5) is 24.5. The number of nitrogens with one attached hydrogen (secondary N) is 1. The molecule has 0 heterocycles. The zero-order chi connectivity index (χ0) is 53.6. The van der Waals surface area contributed by atoms with Crippen LogP contribution in [-0.4, -0.2) is 47.4 Å².